The van der Waals surface area contributed by atoms with Gasteiger partial charge in [-0.3, -0.25) is 19.2 Å². The van der Waals surface area contributed by atoms with Gasteiger partial charge in [-0.05, 0) is 48.2 Å². The molecule has 2 N–H and O–H groups in total. The van der Waals surface area contributed by atoms with Gasteiger partial charge in [0, 0.05) is 30.7 Å². The minimum absolute atomic E-state index is 0.412. The van der Waals surface area contributed by atoms with Gasteiger partial charge in [-0.1, -0.05) is 6.07 Å². The highest BCUT2D eigenvalue weighted by molar-refractivity contribution is 7.88. The number of carbonyl (C=O) groups excluding carboxylic acids is 3. The number of hydrogen-bond acceptors (Lipinski definition) is 9. The van der Waals surface area contributed by atoms with Crippen LogP contribution in [-0.2, 0) is 50.9 Å². The number of carboxylic acid groups (broad SMARTS) is 1. The molecule has 1 aromatic carbocycles. The first-order valence-electron chi connectivity index (χ1n) is 10.7. The summed E-state index contributed by atoms with van der Waals surface area (Å²) in [5.74, 6) is -4.73. The molecule has 0 atom stereocenters. The Kier molecular flexibility index (Phi) is 9.92. The average molecular weight is 512 g/mol. The lowest BCUT2D eigenvalue weighted by atomic mass is 10.1. The van der Waals surface area contributed by atoms with Crippen LogP contribution in [0.4, 0.5) is 0 Å². The SMILES string of the molecule is CN(C)CCc1c[nH]c2ccc(CS(=O)(=O)N(C)OC(=O)CCC(=O)OC(=O)CCC(=O)O)cc12. The Hall–Kier alpha value is -3.29. The predicted octanol–water partition coefficient (Wildman–Crippen LogP) is 1.21. The third kappa shape index (κ3) is 9.11. The number of benzene rings is 1. The summed E-state index contributed by atoms with van der Waals surface area (Å²) in [4.78, 5) is 55.3. The molecule has 0 aliphatic rings. The highest BCUT2D eigenvalue weighted by Gasteiger charge is 2.24. The van der Waals surface area contributed by atoms with Crippen molar-refractivity contribution in [3.8, 4) is 0 Å². The second-order valence-corrected chi connectivity index (χ2v) is 10.1. The average Bonchev–Trinajstić information content (AvgIpc) is 3.16. The molecule has 0 aliphatic carbocycles. The van der Waals surface area contributed by atoms with Gasteiger partial charge >= 0.3 is 23.9 Å². The van der Waals surface area contributed by atoms with Crippen LogP contribution in [0.5, 0.6) is 0 Å². The number of aromatic nitrogens is 1. The van der Waals surface area contributed by atoms with Crippen molar-refractivity contribution < 1.29 is 42.3 Å². The van der Waals surface area contributed by atoms with Crippen LogP contribution in [0.15, 0.2) is 24.4 Å². The summed E-state index contributed by atoms with van der Waals surface area (Å²) in [6.07, 6.45) is 0.629. The zero-order chi connectivity index (χ0) is 26.2. The van der Waals surface area contributed by atoms with E-state index in [0.717, 1.165) is 36.5 Å². The van der Waals surface area contributed by atoms with Crippen LogP contribution >= 0.6 is 0 Å². The molecular weight excluding hydrogens is 482 g/mol. The Morgan fingerprint density at radius 3 is 2.23 bits per heavy atom. The van der Waals surface area contributed by atoms with Gasteiger partial charge in [0.1, 0.15) is 0 Å². The maximum Gasteiger partial charge on any atom is 0.327 e. The molecule has 13 heteroatoms. The van der Waals surface area contributed by atoms with E-state index in [0.29, 0.717) is 10.0 Å². The summed E-state index contributed by atoms with van der Waals surface area (Å²) >= 11 is 0. The van der Waals surface area contributed by atoms with Crippen LogP contribution in [0.25, 0.3) is 10.9 Å². The summed E-state index contributed by atoms with van der Waals surface area (Å²) in [6.45, 7) is 0.832. The van der Waals surface area contributed by atoms with Crippen LogP contribution in [0.2, 0.25) is 0 Å². The normalized spacial score (nSPS) is 11.7. The second-order valence-electron chi connectivity index (χ2n) is 8.12. The zero-order valence-corrected chi connectivity index (χ0v) is 20.6. The van der Waals surface area contributed by atoms with E-state index < -0.39 is 65.3 Å². The highest BCUT2D eigenvalue weighted by Crippen LogP contribution is 2.22. The standard InChI is InChI=1S/C22H29N3O9S/c1-24(2)11-10-16-13-23-18-5-4-15(12-17(16)18)14-35(31,32)25(3)34-22(30)9-8-21(29)33-20(28)7-6-19(26)27/h4-5,12-13,23H,6-11,14H2,1-3H3,(H,26,27). The van der Waals surface area contributed by atoms with Crippen molar-refractivity contribution in [1.82, 2.24) is 14.4 Å². The van der Waals surface area contributed by atoms with Crippen molar-refractivity contribution in [3.63, 3.8) is 0 Å². The Balaban J connectivity index is 1.90. The fourth-order valence-electron chi connectivity index (χ4n) is 3.06. The molecule has 1 heterocycles. The predicted molar refractivity (Wildman–Crippen MR) is 124 cm³/mol. The van der Waals surface area contributed by atoms with E-state index in [1.165, 1.54) is 0 Å². The first-order valence-corrected chi connectivity index (χ1v) is 12.3. The first kappa shape index (κ1) is 28.0. The van der Waals surface area contributed by atoms with Crippen LogP contribution in [-0.4, -0.2) is 79.4 Å². The number of carboxylic acids is 1. The molecule has 0 radical (unpaired) electrons. The second kappa shape index (κ2) is 12.4. The Morgan fingerprint density at radius 2 is 1.60 bits per heavy atom. The number of nitrogens with zero attached hydrogens (tertiary/aromatic N) is 2. The molecule has 2 aromatic rings. The number of aromatic amines is 1. The molecule has 192 valence electrons. The number of H-pyrrole nitrogens is 1. The van der Waals surface area contributed by atoms with Crippen LogP contribution in [0.3, 0.4) is 0 Å². The van der Waals surface area contributed by atoms with E-state index in [2.05, 4.69) is 9.72 Å². The molecule has 0 unspecified atom stereocenters. The fraction of sp³-hybridized carbons (Fsp3) is 0.455. The van der Waals surface area contributed by atoms with Crippen molar-refractivity contribution in [2.24, 2.45) is 0 Å². The fourth-order valence-corrected chi connectivity index (χ4v) is 4.04. The Bertz CT molecular complexity index is 1190. The minimum atomic E-state index is -4.03. The lowest BCUT2D eigenvalue weighted by Gasteiger charge is -2.16. The van der Waals surface area contributed by atoms with Crippen molar-refractivity contribution in [2.45, 2.75) is 37.9 Å². The summed E-state index contributed by atoms with van der Waals surface area (Å²) in [7, 11) is 0.976. The van der Waals surface area contributed by atoms with E-state index in [4.69, 9.17) is 9.94 Å². The van der Waals surface area contributed by atoms with E-state index in [-0.39, 0.29) is 0 Å². The van der Waals surface area contributed by atoms with Gasteiger partial charge in [0.2, 0.25) is 10.0 Å². The van der Waals surface area contributed by atoms with Gasteiger partial charge in [0.05, 0.1) is 31.4 Å². The molecule has 2 rings (SSSR count). The number of esters is 2. The number of nitrogens with one attached hydrogen (secondary N) is 1. The number of hydrogen-bond donors (Lipinski definition) is 2. The number of sulfonamides is 1. The van der Waals surface area contributed by atoms with E-state index in [1.54, 1.807) is 18.2 Å². The third-order valence-corrected chi connectivity index (χ3v) is 6.49. The highest BCUT2D eigenvalue weighted by atomic mass is 32.2. The van der Waals surface area contributed by atoms with Crippen molar-refractivity contribution in [1.29, 1.82) is 0 Å². The van der Waals surface area contributed by atoms with Crippen LogP contribution in [0, 0.1) is 0 Å². The molecule has 0 fully saturated rings. The Labute approximate surface area is 202 Å². The maximum atomic E-state index is 12.7. The topological polar surface area (TPSA) is 163 Å². The Morgan fingerprint density at radius 1 is 0.971 bits per heavy atom. The van der Waals surface area contributed by atoms with Crippen molar-refractivity contribution >= 4 is 44.8 Å². The molecule has 1 aromatic heterocycles. The summed E-state index contributed by atoms with van der Waals surface area (Å²) in [5, 5.41) is 9.41. The minimum Gasteiger partial charge on any atom is -0.481 e. The maximum absolute atomic E-state index is 12.7. The zero-order valence-electron chi connectivity index (χ0n) is 19.8. The molecule has 0 aliphatic heterocycles. The third-order valence-electron chi connectivity index (χ3n) is 4.94. The van der Waals surface area contributed by atoms with Gasteiger partial charge < -0.3 is 24.6 Å². The number of carbonyl (C=O) groups is 4. The van der Waals surface area contributed by atoms with Crippen LogP contribution < -0.4 is 0 Å². The molecule has 0 spiro atoms. The monoisotopic (exact) mass is 511 g/mol. The lowest BCUT2D eigenvalue weighted by molar-refractivity contribution is -0.169. The number of hydroxylamine groups is 1. The molecule has 12 nitrogen and oxygen atoms in total. The number of fused-ring (bicyclic) bond motifs is 1. The number of aliphatic carboxylic acids is 1. The lowest BCUT2D eigenvalue weighted by Crippen LogP contribution is -2.31. The largest absolute Gasteiger partial charge is 0.481 e. The number of likely N-dealkylation sites (N-methyl/N-ethyl adjacent to an activating group) is 1. The van der Waals surface area contributed by atoms with Crippen LogP contribution in [0.1, 0.15) is 36.8 Å². The van der Waals surface area contributed by atoms with Gasteiger partial charge in [-0.25, -0.2) is 8.42 Å². The molecule has 0 bridgehead atoms. The molecule has 0 saturated heterocycles. The van der Waals surface area contributed by atoms with Crippen molar-refractivity contribution in [3.05, 3.63) is 35.5 Å². The van der Waals surface area contributed by atoms with Gasteiger partial charge in [0.15, 0.2) is 0 Å². The molecule has 0 amide bonds. The summed E-state index contributed by atoms with van der Waals surface area (Å²) < 4.78 is 30.2. The van der Waals surface area contributed by atoms with Crippen molar-refractivity contribution in [2.75, 3.05) is 27.7 Å². The smallest absolute Gasteiger partial charge is 0.327 e. The van der Waals surface area contributed by atoms with E-state index in [9.17, 15) is 27.6 Å². The summed E-state index contributed by atoms with van der Waals surface area (Å²) in [6, 6.07) is 5.23. The first-order chi connectivity index (χ1) is 16.4. The van der Waals surface area contributed by atoms with E-state index in [1.807, 2.05) is 25.2 Å². The van der Waals surface area contributed by atoms with E-state index >= 15 is 0 Å². The molecular formula is C22H29N3O9S. The number of rotatable bonds is 13. The van der Waals surface area contributed by atoms with Gasteiger partial charge in [-0.2, -0.15) is 0 Å². The number of ether oxygens (including phenoxy) is 1. The molecule has 0 saturated carbocycles. The molecule has 35 heavy (non-hydrogen) atoms. The van der Waals surface area contributed by atoms with Gasteiger partial charge in [0.25, 0.3) is 0 Å². The quantitative estimate of drug-likeness (QED) is 0.227. The summed E-state index contributed by atoms with van der Waals surface area (Å²) in [5.41, 5.74) is 2.45. The van der Waals surface area contributed by atoms with Gasteiger partial charge in [-0.15, -0.1) is 0 Å².